The van der Waals surface area contributed by atoms with Gasteiger partial charge in [0.2, 0.25) is 0 Å². The standard InChI is InChI=1S/C20H25N3O3S/c1-15(18-5-7-19(8-6-18)27(2,25)26)22-20(24)23-11-9-17(14-23)12-16-4-3-10-21-13-16/h3-8,10,13,15,17H,9,11-12,14H2,1-2H3,(H,22,24). The Hall–Kier alpha value is -2.41. The zero-order valence-corrected chi connectivity index (χ0v) is 16.4. The van der Waals surface area contributed by atoms with E-state index in [2.05, 4.69) is 16.4 Å². The number of hydrogen-bond acceptors (Lipinski definition) is 4. The lowest BCUT2D eigenvalue weighted by Crippen LogP contribution is -2.39. The Morgan fingerprint density at radius 3 is 2.67 bits per heavy atom. The Labute approximate surface area is 160 Å². The number of carbonyl (C=O) groups excluding carboxylic acids is 1. The van der Waals surface area contributed by atoms with Crippen molar-refractivity contribution >= 4 is 15.9 Å². The molecule has 1 saturated heterocycles. The van der Waals surface area contributed by atoms with E-state index >= 15 is 0 Å². The fraction of sp³-hybridized carbons (Fsp3) is 0.400. The third kappa shape index (κ3) is 5.07. The van der Waals surface area contributed by atoms with Gasteiger partial charge in [0, 0.05) is 31.7 Å². The number of amides is 2. The zero-order chi connectivity index (χ0) is 19.4. The van der Waals surface area contributed by atoms with Crippen LogP contribution in [0, 0.1) is 5.92 Å². The van der Waals surface area contributed by atoms with Crippen molar-refractivity contribution in [3.8, 4) is 0 Å². The summed E-state index contributed by atoms with van der Waals surface area (Å²) >= 11 is 0. The monoisotopic (exact) mass is 387 g/mol. The first-order valence-electron chi connectivity index (χ1n) is 9.07. The maximum Gasteiger partial charge on any atom is 0.317 e. The minimum Gasteiger partial charge on any atom is -0.331 e. The summed E-state index contributed by atoms with van der Waals surface area (Å²) in [7, 11) is -3.21. The summed E-state index contributed by atoms with van der Waals surface area (Å²) in [4.78, 5) is 18.8. The number of aromatic nitrogens is 1. The molecule has 0 aliphatic carbocycles. The summed E-state index contributed by atoms with van der Waals surface area (Å²) in [6.07, 6.45) is 6.75. The minimum atomic E-state index is -3.21. The van der Waals surface area contributed by atoms with Crippen LogP contribution < -0.4 is 5.32 Å². The molecule has 2 heterocycles. The van der Waals surface area contributed by atoms with Crippen molar-refractivity contribution in [2.75, 3.05) is 19.3 Å². The summed E-state index contributed by atoms with van der Waals surface area (Å²) in [5.74, 6) is 0.448. The predicted molar refractivity (Wildman–Crippen MR) is 104 cm³/mol. The molecule has 0 saturated carbocycles. The van der Waals surface area contributed by atoms with Crippen molar-refractivity contribution in [2.45, 2.75) is 30.7 Å². The third-order valence-electron chi connectivity index (χ3n) is 4.97. The van der Waals surface area contributed by atoms with Gasteiger partial charge in [-0.15, -0.1) is 0 Å². The zero-order valence-electron chi connectivity index (χ0n) is 15.6. The van der Waals surface area contributed by atoms with Gasteiger partial charge in [0.25, 0.3) is 0 Å². The average molecular weight is 388 g/mol. The highest BCUT2D eigenvalue weighted by molar-refractivity contribution is 7.90. The van der Waals surface area contributed by atoms with Crippen LogP contribution in [0.3, 0.4) is 0 Å². The average Bonchev–Trinajstić information content (AvgIpc) is 3.10. The van der Waals surface area contributed by atoms with Crippen LogP contribution in [0.4, 0.5) is 4.79 Å². The molecule has 3 rings (SSSR count). The van der Waals surface area contributed by atoms with Crippen LogP contribution in [0.1, 0.15) is 30.5 Å². The number of benzene rings is 1. The number of nitrogens with one attached hydrogen (secondary N) is 1. The van der Waals surface area contributed by atoms with Crippen LogP contribution in [0.25, 0.3) is 0 Å². The molecule has 0 bridgehead atoms. The van der Waals surface area contributed by atoms with Crippen LogP contribution in [-0.2, 0) is 16.3 Å². The molecule has 2 unspecified atom stereocenters. The van der Waals surface area contributed by atoms with Gasteiger partial charge in [0.1, 0.15) is 0 Å². The Bertz CT molecular complexity index is 882. The van der Waals surface area contributed by atoms with Gasteiger partial charge >= 0.3 is 6.03 Å². The van der Waals surface area contributed by atoms with E-state index in [0.29, 0.717) is 5.92 Å². The number of rotatable bonds is 5. The SMILES string of the molecule is CC(NC(=O)N1CCC(Cc2cccnc2)C1)c1ccc(S(C)(=O)=O)cc1. The van der Waals surface area contributed by atoms with Gasteiger partial charge in [-0.3, -0.25) is 4.98 Å². The molecule has 2 atom stereocenters. The summed E-state index contributed by atoms with van der Waals surface area (Å²) in [6.45, 7) is 3.38. The second-order valence-electron chi connectivity index (χ2n) is 7.18. The third-order valence-corrected chi connectivity index (χ3v) is 6.10. The first kappa shape index (κ1) is 19.4. The van der Waals surface area contributed by atoms with Gasteiger partial charge < -0.3 is 10.2 Å². The molecule has 7 heteroatoms. The van der Waals surface area contributed by atoms with Gasteiger partial charge in [-0.1, -0.05) is 18.2 Å². The Morgan fingerprint density at radius 2 is 2.04 bits per heavy atom. The molecule has 6 nitrogen and oxygen atoms in total. The van der Waals surface area contributed by atoms with Gasteiger partial charge in [0.15, 0.2) is 9.84 Å². The number of nitrogens with zero attached hydrogens (tertiary/aromatic N) is 2. The Balaban J connectivity index is 1.54. The van der Waals surface area contributed by atoms with E-state index in [-0.39, 0.29) is 17.0 Å². The highest BCUT2D eigenvalue weighted by atomic mass is 32.2. The number of carbonyl (C=O) groups is 1. The molecule has 1 N–H and O–H groups in total. The van der Waals surface area contributed by atoms with E-state index in [1.807, 2.05) is 24.1 Å². The van der Waals surface area contributed by atoms with E-state index in [4.69, 9.17) is 0 Å². The van der Waals surface area contributed by atoms with Crippen LogP contribution in [0.15, 0.2) is 53.7 Å². The van der Waals surface area contributed by atoms with Crippen LogP contribution in [0.5, 0.6) is 0 Å². The largest absolute Gasteiger partial charge is 0.331 e. The van der Waals surface area contributed by atoms with Crippen molar-refractivity contribution < 1.29 is 13.2 Å². The van der Waals surface area contributed by atoms with Crippen LogP contribution >= 0.6 is 0 Å². The number of pyridine rings is 1. The molecule has 27 heavy (non-hydrogen) atoms. The molecule has 1 aromatic heterocycles. The number of hydrogen-bond donors (Lipinski definition) is 1. The van der Waals surface area contributed by atoms with E-state index < -0.39 is 9.84 Å². The second kappa shape index (κ2) is 8.08. The highest BCUT2D eigenvalue weighted by Crippen LogP contribution is 2.22. The first-order chi connectivity index (χ1) is 12.8. The molecule has 2 aromatic rings. The topological polar surface area (TPSA) is 79.4 Å². The molecule has 144 valence electrons. The van der Waals surface area contributed by atoms with Gasteiger partial charge in [-0.2, -0.15) is 0 Å². The smallest absolute Gasteiger partial charge is 0.317 e. The van der Waals surface area contributed by atoms with E-state index in [9.17, 15) is 13.2 Å². The Kier molecular flexibility index (Phi) is 5.79. The predicted octanol–water partition coefficient (Wildman–Crippen LogP) is 2.82. The van der Waals surface area contributed by atoms with Gasteiger partial charge in [-0.25, -0.2) is 13.2 Å². The summed E-state index contributed by atoms with van der Waals surface area (Å²) in [5.41, 5.74) is 2.07. The Morgan fingerprint density at radius 1 is 1.30 bits per heavy atom. The van der Waals surface area contributed by atoms with E-state index in [1.54, 1.807) is 30.5 Å². The molecular weight excluding hydrogens is 362 g/mol. The van der Waals surface area contributed by atoms with Gasteiger partial charge in [0.05, 0.1) is 10.9 Å². The molecule has 2 amide bonds. The van der Waals surface area contributed by atoms with Crippen molar-refractivity contribution in [3.63, 3.8) is 0 Å². The lowest BCUT2D eigenvalue weighted by Gasteiger charge is -2.21. The number of urea groups is 1. The maximum atomic E-state index is 12.6. The summed E-state index contributed by atoms with van der Waals surface area (Å²) < 4.78 is 23.1. The quantitative estimate of drug-likeness (QED) is 0.856. The number of sulfone groups is 1. The fourth-order valence-electron chi connectivity index (χ4n) is 3.40. The molecular formula is C20H25N3O3S. The minimum absolute atomic E-state index is 0.0802. The summed E-state index contributed by atoms with van der Waals surface area (Å²) in [6, 6.07) is 10.4. The number of likely N-dealkylation sites (tertiary alicyclic amines) is 1. The molecule has 1 fully saturated rings. The molecule has 1 aliphatic rings. The van der Waals surface area contributed by atoms with Crippen molar-refractivity contribution in [1.82, 2.24) is 15.2 Å². The molecule has 0 radical (unpaired) electrons. The molecule has 1 aromatic carbocycles. The van der Waals surface area contributed by atoms with E-state index in [1.165, 1.54) is 11.8 Å². The van der Waals surface area contributed by atoms with Crippen LogP contribution in [0.2, 0.25) is 0 Å². The fourth-order valence-corrected chi connectivity index (χ4v) is 4.03. The maximum absolute atomic E-state index is 12.6. The molecule has 1 aliphatic heterocycles. The lowest BCUT2D eigenvalue weighted by molar-refractivity contribution is 0.203. The van der Waals surface area contributed by atoms with Crippen molar-refractivity contribution in [3.05, 3.63) is 59.9 Å². The highest BCUT2D eigenvalue weighted by Gasteiger charge is 2.27. The molecule has 0 spiro atoms. The van der Waals surface area contributed by atoms with E-state index in [0.717, 1.165) is 31.5 Å². The second-order valence-corrected chi connectivity index (χ2v) is 9.19. The van der Waals surface area contributed by atoms with Crippen molar-refractivity contribution in [1.29, 1.82) is 0 Å². The van der Waals surface area contributed by atoms with Crippen LogP contribution in [-0.4, -0.2) is 43.7 Å². The first-order valence-corrected chi connectivity index (χ1v) is 11.0. The normalized spacial score (nSPS) is 18.3. The summed E-state index contributed by atoms with van der Waals surface area (Å²) in [5, 5.41) is 3.01. The van der Waals surface area contributed by atoms with Gasteiger partial charge in [-0.05, 0) is 55.0 Å². The van der Waals surface area contributed by atoms with Crippen molar-refractivity contribution in [2.24, 2.45) is 5.92 Å². The lowest BCUT2D eigenvalue weighted by atomic mass is 10.0.